The molecule has 0 aliphatic heterocycles. The molecule has 0 spiro atoms. The molecule has 1 fully saturated rings. The highest BCUT2D eigenvalue weighted by molar-refractivity contribution is 7.89. The van der Waals surface area contributed by atoms with Crippen LogP contribution in [0.5, 0.6) is 0 Å². The molecule has 0 bridgehead atoms. The molecular formula is C14H19ClFNO2S. The number of alkyl halides is 1. The third-order valence-electron chi connectivity index (χ3n) is 3.68. The molecule has 6 heteroatoms. The van der Waals surface area contributed by atoms with E-state index in [1.807, 2.05) is 0 Å². The third-order valence-corrected chi connectivity index (χ3v) is 6.00. The van der Waals surface area contributed by atoms with Crippen molar-refractivity contribution in [3.63, 3.8) is 0 Å². The first kappa shape index (κ1) is 15.7. The van der Waals surface area contributed by atoms with Crippen molar-refractivity contribution >= 4 is 21.6 Å². The lowest BCUT2D eigenvalue weighted by molar-refractivity contribution is 0.418. The second kappa shape index (κ2) is 6.00. The lowest BCUT2D eigenvalue weighted by Crippen LogP contribution is -2.43. The predicted molar refractivity (Wildman–Crippen MR) is 78.1 cm³/mol. The quantitative estimate of drug-likeness (QED) is 0.869. The summed E-state index contributed by atoms with van der Waals surface area (Å²) in [6.07, 6.45) is 3.56. The summed E-state index contributed by atoms with van der Waals surface area (Å²) in [5.74, 6) is -0.424. The van der Waals surface area contributed by atoms with Gasteiger partial charge in [0.2, 0.25) is 10.0 Å². The fourth-order valence-electron chi connectivity index (χ4n) is 2.80. The van der Waals surface area contributed by atoms with Crippen LogP contribution in [-0.4, -0.2) is 19.8 Å². The summed E-state index contributed by atoms with van der Waals surface area (Å²) in [4.78, 5) is 0.161. The fourth-order valence-corrected chi connectivity index (χ4v) is 4.98. The summed E-state index contributed by atoms with van der Waals surface area (Å²) < 4.78 is 41.0. The Bertz CT molecular complexity index is 580. The van der Waals surface area contributed by atoms with Gasteiger partial charge in [-0.1, -0.05) is 12.8 Å². The molecule has 0 amide bonds. The maximum absolute atomic E-state index is 13.3. The first-order chi connectivity index (χ1) is 9.31. The Kier molecular flexibility index (Phi) is 4.72. The normalized spacial score (nSPS) is 23.8. The first-order valence-electron chi connectivity index (χ1n) is 6.74. The fraction of sp³-hybridized carbons (Fsp3) is 0.571. The second-order valence-corrected chi connectivity index (χ2v) is 7.61. The van der Waals surface area contributed by atoms with Gasteiger partial charge in [0, 0.05) is 11.4 Å². The SMILES string of the molecule is Cc1cc(F)cc(C)c1S(=O)(=O)NC1CCCCC1Cl. The molecule has 1 aliphatic carbocycles. The van der Waals surface area contributed by atoms with E-state index < -0.39 is 15.8 Å². The van der Waals surface area contributed by atoms with Crippen molar-refractivity contribution in [3.05, 3.63) is 29.1 Å². The maximum atomic E-state index is 13.3. The minimum Gasteiger partial charge on any atom is -0.207 e. The van der Waals surface area contributed by atoms with Crippen LogP contribution in [-0.2, 0) is 10.0 Å². The van der Waals surface area contributed by atoms with Gasteiger partial charge in [-0.3, -0.25) is 0 Å². The van der Waals surface area contributed by atoms with Gasteiger partial charge in [-0.25, -0.2) is 17.5 Å². The number of sulfonamides is 1. The minimum absolute atomic E-state index is 0.161. The van der Waals surface area contributed by atoms with Crippen LogP contribution in [0.1, 0.15) is 36.8 Å². The third kappa shape index (κ3) is 3.32. The van der Waals surface area contributed by atoms with Crippen LogP contribution >= 0.6 is 11.6 Å². The van der Waals surface area contributed by atoms with Crippen LogP contribution < -0.4 is 4.72 Å². The van der Waals surface area contributed by atoms with Crippen molar-refractivity contribution in [3.8, 4) is 0 Å². The molecule has 20 heavy (non-hydrogen) atoms. The van der Waals surface area contributed by atoms with Gasteiger partial charge in [0.05, 0.1) is 4.90 Å². The number of aryl methyl sites for hydroxylation is 2. The average Bonchev–Trinajstić information content (AvgIpc) is 2.30. The van der Waals surface area contributed by atoms with Gasteiger partial charge in [-0.15, -0.1) is 11.6 Å². The van der Waals surface area contributed by atoms with Crippen LogP contribution in [0.25, 0.3) is 0 Å². The van der Waals surface area contributed by atoms with E-state index in [0.717, 1.165) is 25.7 Å². The van der Waals surface area contributed by atoms with Crippen LogP contribution in [0.15, 0.2) is 17.0 Å². The van der Waals surface area contributed by atoms with Crippen molar-refractivity contribution in [2.24, 2.45) is 0 Å². The zero-order chi connectivity index (χ0) is 14.9. The first-order valence-corrected chi connectivity index (χ1v) is 8.66. The van der Waals surface area contributed by atoms with Crippen molar-refractivity contribution in [2.75, 3.05) is 0 Å². The maximum Gasteiger partial charge on any atom is 0.241 e. The van der Waals surface area contributed by atoms with Gasteiger partial charge in [0.25, 0.3) is 0 Å². The van der Waals surface area contributed by atoms with E-state index >= 15 is 0 Å². The molecule has 2 unspecified atom stereocenters. The van der Waals surface area contributed by atoms with Gasteiger partial charge in [-0.2, -0.15) is 0 Å². The largest absolute Gasteiger partial charge is 0.241 e. The molecular weight excluding hydrogens is 301 g/mol. The van der Waals surface area contributed by atoms with Gasteiger partial charge in [0.15, 0.2) is 0 Å². The van der Waals surface area contributed by atoms with Crippen LogP contribution in [0, 0.1) is 19.7 Å². The molecule has 0 radical (unpaired) electrons. The second-order valence-electron chi connectivity index (χ2n) is 5.40. The average molecular weight is 320 g/mol. The summed E-state index contributed by atoms with van der Waals surface area (Å²) in [7, 11) is -3.67. The summed E-state index contributed by atoms with van der Waals surface area (Å²) in [6.45, 7) is 3.20. The van der Waals surface area contributed by atoms with E-state index in [-0.39, 0.29) is 16.3 Å². The van der Waals surface area contributed by atoms with Gasteiger partial charge in [-0.05, 0) is 49.9 Å². The lowest BCUT2D eigenvalue weighted by Gasteiger charge is -2.28. The Balaban J connectivity index is 2.31. The van der Waals surface area contributed by atoms with E-state index in [0.29, 0.717) is 11.1 Å². The Morgan fingerprint density at radius 3 is 2.30 bits per heavy atom. The molecule has 1 aromatic carbocycles. The monoisotopic (exact) mass is 319 g/mol. The molecule has 112 valence electrons. The van der Waals surface area contributed by atoms with E-state index in [4.69, 9.17) is 11.6 Å². The van der Waals surface area contributed by atoms with Gasteiger partial charge in [0.1, 0.15) is 5.82 Å². The molecule has 3 nitrogen and oxygen atoms in total. The highest BCUT2D eigenvalue weighted by atomic mass is 35.5. The zero-order valence-electron chi connectivity index (χ0n) is 11.6. The molecule has 0 saturated heterocycles. The summed E-state index contributed by atoms with van der Waals surface area (Å²) in [5, 5.41) is -0.181. The van der Waals surface area contributed by atoms with Gasteiger partial charge < -0.3 is 0 Å². The number of halogens is 2. The van der Waals surface area contributed by atoms with Crippen molar-refractivity contribution in [1.82, 2.24) is 4.72 Å². The van der Waals surface area contributed by atoms with Crippen LogP contribution in [0.2, 0.25) is 0 Å². The minimum atomic E-state index is -3.67. The summed E-state index contributed by atoms with van der Waals surface area (Å²) in [5.41, 5.74) is 0.828. The topological polar surface area (TPSA) is 46.2 Å². The molecule has 0 aromatic heterocycles. The Labute approximate surface area is 124 Å². The number of benzene rings is 1. The lowest BCUT2D eigenvalue weighted by atomic mass is 9.96. The van der Waals surface area contributed by atoms with Crippen LogP contribution in [0.4, 0.5) is 4.39 Å². The standard InChI is InChI=1S/C14H19ClFNO2S/c1-9-7-11(16)8-10(2)14(9)20(18,19)17-13-6-4-3-5-12(13)15/h7-8,12-13,17H,3-6H2,1-2H3. The van der Waals surface area contributed by atoms with E-state index in [2.05, 4.69) is 4.72 Å². The highest BCUT2D eigenvalue weighted by Gasteiger charge is 2.29. The number of hydrogen-bond donors (Lipinski definition) is 1. The molecule has 2 rings (SSSR count). The van der Waals surface area contributed by atoms with E-state index in [1.165, 1.54) is 12.1 Å². The van der Waals surface area contributed by atoms with Crippen molar-refractivity contribution in [1.29, 1.82) is 0 Å². The van der Waals surface area contributed by atoms with Crippen molar-refractivity contribution < 1.29 is 12.8 Å². The molecule has 1 aliphatic rings. The predicted octanol–water partition coefficient (Wildman–Crippen LogP) is 3.27. The molecule has 2 atom stereocenters. The Morgan fingerprint density at radius 2 is 1.75 bits per heavy atom. The van der Waals surface area contributed by atoms with Crippen LogP contribution in [0.3, 0.4) is 0 Å². The van der Waals surface area contributed by atoms with Crippen molar-refractivity contribution in [2.45, 2.75) is 55.8 Å². The Hall–Kier alpha value is -0.650. The van der Waals surface area contributed by atoms with E-state index in [1.54, 1.807) is 13.8 Å². The summed E-state index contributed by atoms with van der Waals surface area (Å²) >= 11 is 6.19. The zero-order valence-corrected chi connectivity index (χ0v) is 13.2. The molecule has 1 N–H and O–H groups in total. The summed E-state index contributed by atoms with van der Waals surface area (Å²) in [6, 6.07) is 2.22. The molecule has 1 saturated carbocycles. The highest BCUT2D eigenvalue weighted by Crippen LogP contribution is 2.26. The smallest absolute Gasteiger partial charge is 0.207 e. The van der Waals surface area contributed by atoms with E-state index in [9.17, 15) is 12.8 Å². The molecule has 1 aromatic rings. The Morgan fingerprint density at radius 1 is 1.20 bits per heavy atom. The molecule has 0 heterocycles. The number of rotatable bonds is 3. The number of hydrogen-bond acceptors (Lipinski definition) is 2. The van der Waals surface area contributed by atoms with Gasteiger partial charge >= 0.3 is 0 Å². The number of nitrogens with one attached hydrogen (secondary N) is 1.